The van der Waals surface area contributed by atoms with E-state index < -0.39 is 0 Å². The van der Waals surface area contributed by atoms with Gasteiger partial charge in [-0.25, -0.2) is 5.84 Å². The zero-order valence-electron chi connectivity index (χ0n) is 5.83. The van der Waals surface area contributed by atoms with Crippen LogP contribution in [0.3, 0.4) is 0 Å². The molecule has 0 aliphatic carbocycles. The fourth-order valence-electron chi connectivity index (χ4n) is 0.415. The van der Waals surface area contributed by atoms with E-state index in [1.807, 2.05) is 30.3 Å². The van der Waals surface area contributed by atoms with E-state index in [4.69, 9.17) is 4.79 Å². The summed E-state index contributed by atoms with van der Waals surface area (Å²) in [6, 6.07) is 9.97. The number of nitrogens with one attached hydrogen (secondary N) is 1. The Kier molecular flexibility index (Phi) is 6.67. The summed E-state index contributed by atoms with van der Waals surface area (Å²) < 4.78 is 1.13. The second-order valence-corrected chi connectivity index (χ2v) is 2.50. The molecule has 1 rings (SSSR count). The van der Waals surface area contributed by atoms with Gasteiger partial charge < -0.3 is 0 Å². The molecule has 1 aromatic carbocycles. The highest BCUT2D eigenvalue weighted by Crippen LogP contribution is 2.05. The molecule has 60 valence electrons. The lowest BCUT2D eigenvalue weighted by molar-refractivity contribution is -0.109. The summed E-state index contributed by atoms with van der Waals surface area (Å²) in [5, 5.41) is 0. The molecule has 3 nitrogen and oxygen atoms in total. The molecule has 0 radical (unpaired) electrons. The van der Waals surface area contributed by atoms with Crippen molar-refractivity contribution in [2.24, 2.45) is 5.84 Å². The molecule has 0 atom stereocenters. The van der Waals surface area contributed by atoms with Gasteiger partial charge in [-0.3, -0.25) is 10.2 Å². The van der Waals surface area contributed by atoms with E-state index in [1.165, 1.54) is 0 Å². The molecule has 11 heavy (non-hydrogen) atoms. The second-order valence-electron chi connectivity index (χ2n) is 1.58. The van der Waals surface area contributed by atoms with Crippen molar-refractivity contribution in [3.8, 4) is 0 Å². The number of carbonyl (C=O) groups is 1. The number of hydrogen-bond acceptors (Lipinski definition) is 2. The molecule has 1 aromatic rings. The molecular weight excluding hydrogens is 208 g/mol. The number of carbonyl (C=O) groups excluding carboxylic acids is 1. The van der Waals surface area contributed by atoms with Gasteiger partial charge in [0, 0.05) is 4.47 Å². The Hall–Kier alpha value is -0.870. The summed E-state index contributed by atoms with van der Waals surface area (Å²) >= 11 is 3.31. The lowest BCUT2D eigenvalue weighted by atomic mass is 10.4. The van der Waals surface area contributed by atoms with E-state index in [9.17, 15) is 0 Å². The van der Waals surface area contributed by atoms with Crippen LogP contribution in [0.25, 0.3) is 0 Å². The molecule has 0 fully saturated rings. The van der Waals surface area contributed by atoms with Crippen molar-refractivity contribution in [2.75, 3.05) is 0 Å². The molecule has 0 heterocycles. The first-order valence-electron chi connectivity index (χ1n) is 2.91. The van der Waals surface area contributed by atoms with Crippen LogP contribution in [0.4, 0.5) is 0 Å². The van der Waals surface area contributed by atoms with Gasteiger partial charge in [-0.1, -0.05) is 34.1 Å². The third-order valence-electron chi connectivity index (χ3n) is 0.801. The number of hydrazine groups is 1. The molecule has 0 unspecified atom stereocenters. The minimum absolute atomic E-state index is 0.403. The van der Waals surface area contributed by atoms with Crippen molar-refractivity contribution < 1.29 is 4.79 Å². The molecule has 0 aliphatic rings. The zero-order chi connectivity index (χ0) is 8.53. The van der Waals surface area contributed by atoms with Crippen LogP contribution in [0.1, 0.15) is 0 Å². The Morgan fingerprint density at radius 3 is 2.00 bits per heavy atom. The maximum atomic E-state index is 8.94. The molecule has 0 saturated carbocycles. The Labute approximate surface area is 73.7 Å². The van der Waals surface area contributed by atoms with Gasteiger partial charge in [0.2, 0.25) is 6.41 Å². The standard InChI is InChI=1S/C6H5Br.CH4N2O/c7-6-4-2-1-3-5-6;2-3-1-4/h1-5H;1H,2H2,(H,3,4). The van der Waals surface area contributed by atoms with Crippen molar-refractivity contribution in [1.82, 2.24) is 5.43 Å². The van der Waals surface area contributed by atoms with Crippen LogP contribution in [0.5, 0.6) is 0 Å². The average molecular weight is 217 g/mol. The maximum Gasteiger partial charge on any atom is 0.221 e. The normalized spacial score (nSPS) is 7.45. The van der Waals surface area contributed by atoms with E-state index in [0.717, 1.165) is 4.47 Å². The monoisotopic (exact) mass is 216 g/mol. The molecule has 4 heteroatoms. The van der Waals surface area contributed by atoms with Crippen LogP contribution in [-0.2, 0) is 4.79 Å². The number of halogens is 1. The van der Waals surface area contributed by atoms with Gasteiger partial charge in [0.05, 0.1) is 0 Å². The fourth-order valence-corrected chi connectivity index (χ4v) is 0.720. The lowest BCUT2D eigenvalue weighted by Gasteiger charge is -1.80. The van der Waals surface area contributed by atoms with Crippen LogP contribution in [0.2, 0.25) is 0 Å². The third-order valence-corrected chi connectivity index (χ3v) is 1.33. The summed E-state index contributed by atoms with van der Waals surface area (Å²) in [7, 11) is 0. The highest BCUT2D eigenvalue weighted by atomic mass is 79.9. The molecule has 0 aliphatic heterocycles. The van der Waals surface area contributed by atoms with E-state index in [2.05, 4.69) is 21.8 Å². The van der Waals surface area contributed by atoms with Crippen molar-refractivity contribution in [3.05, 3.63) is 34.8 Å². The Morgan fingerprint density at radius 1 is 1.36 bits per heavy atom. The first kappa shape index (κ1) is 10.1. The summed E-state index contributed by atoms with van der Waals surface area (Å²) in [5.74, 6) is 4.41. The second kappa shape index (κ2) is 7.24. The first-order chi connectivity index (χ1) is 5.31. The number of rotatable bonds is 1. The molecule has 0 bridgehead atoms. The number of amides is 1. The highest BCUT2D eigenvalue weighted by molar-refractivity contribution is 9.10. The largest absolute Gasteiger partial charge is 0.297 e. The third kappa shape index (κ3) is 7.02. The van der Waals surface area contributed by atoms with Crippen molar-refractivity contribution in [3.63, 3.8) is 0 Å². The van der Waals surface area contributed by atoms with Crippen LogP contribution < -0.4 is 11.3 Å². The Balaban J connectivity index is 0.000000218. The van der Waals surface area contributed by atoms with Gasteiger partial charge in [0.1, 0.15) is 0 Å². The minimum atomic E-state index is 0.403. The molecule has 0 spiro atoms. The summed E-state index contributed by atoms with van der Waals surface area (Å²) in [5.41, 5.74) is 1.75. The SMILES string of the molecule is Brc1ccccc1.NNC=O. The predicted octanol–water partition coefficient (Wildman–Crippen LogP) is 1.06. The number of hydrogen-bond donors (Lipinski definition) is 2. The highest BCUT2D eigenvalue weighted by Gasteiger charge is 1.74. The summed E-state index contributed by atoms with van der Waals surface area (Å²) in [6.07, 6.45) is 0.403. The van der Waals surface area contributed by atoms with E-state index in [-0.39, 0.29) is 0 Å². The van der Waals surface area contributed by atoms with Gasteiger partial charge in [-0.15, -0.1) is 0 Å². The summed E-state index contributed by atoms with van der Waals surface area (Å²) in [4.78, 5) is 8.94. The lowest BCUT2D eigenvalue weighted by Crippen LogP contribution is -2.18. The Morgan fingerprint density at radius 2 is 1.82 bits per heavy atom. The summed E-state index contributed by atoms with van der Waals surface area (Å²) in [6.45, 7) is 0. The maximum absolute atomic E-state index is 8.94. The van der Waals surface area contributed by atoms with Gasteiger partial charge in [-0.2, -0.15) is 0 Å². The van der Waals surface area contributed by atoms with E-state index in [1.54, 1.807) is 5.43 Å². The Bertz CT molecular complexity index is 191. The number of nitrogens with two attached hydrogens (primary N) is 1. The van der Waals surface area contributed by atoms with Gasteiger partial charge in [0.25, 0.3) is 0 Å². The van der Waals surface area contributed by atoms with Crippen LogP contribution in [0.15, 0.2) is 34.8 Å². The molecule has 1 amide bonds. The molecular formula is C7H9BrN2O. The number of benzene rings is 1. The van der Waals surface area contributed by atoms with Crippen LogP contribution in [0, 0.1) is 0 Å². The van der Waals surface area contributed by atoms with Gasteiger partial charge in [-0.05, 0) is 12.1 Å². The van der Waals surface area contributed by atoms with E-state index >= 15 is 0 Å². The molecule has 3 N–H and O–H groups in total. The minimum Gasteiger partial charge on any atom is -0.297 e. The first-order valence-corrected chi connectivity index (χ1v) is 3.71. The average Bonchev–Trinajstić information content (AvgIpc) is 2.07. The topological polar surface area (TPSA) is 55.1 Å². The van der Waals surface area contributed by atoms with Gasteiger partial charge in [0.15, 0.2) is 0 Å². The predicted molar refractivity (Wildman–Crippen MR) is 47.5 cm³/mol. The molecule has 0 saturated heterocycles. The van der Waals surface area contributed by atoms with Crippen molar-refractivity contribution >= 4 is 22.3 Å². The fraction of sp³-hybridized carbons (Fsp3) is 0. The molecule has 0 aromatic heterocycles. The zero-order valence-corrected chi connectivity index (χ0v) is 7.41. The van der Waals surface area contributed by atoms with Crippen LogP contribution in [-0.4, -0.2) is 6.41 Å². The van der Waals surface area contributed by atoms with E-state index in [0.29, 0.717) is 6.41 Å². The van der Waals surface area contributed by atoms with Gasteiger partial charge >= 0.3 is 0 Å². The van der Waals surface area contributed by atoms with Crippen molar-refractivity contribution in [2.45, 2.75) is 0 Å². The smallest absolute Gasteiger partial charge is 0.221 e. The van der Waals surface area contributed by atoms with Crippen molar-refractivity contribution in [1.29, 1.82) is 0 Å². The quantitative estimate of drug-likeness (QED) is 0.320. The van der Waals surface area contributed by atoms with Crippen LogP contribution >= 0.6 is 15.9 Å².